The van der Waals surface area contributed by atoms with Crippen molar-refractivity contribution in [3.63, 3.8) is 0 Å². The van der Waals surface area contributed by atoms with E-state index >= 15 is 0 Å². The van der Waals surface area contributed by atoms with E-state index in [4.69, 9.17) is 5.73 Å². The lowest BCUT2D eigenvalue weighted by Crippen LogP contribution is -2.46. The summed E-state index contributed by atoms with van der Waals surface area (Å²) in [5, 5.41) is 6.27. The van der Waals surface area contributed by atoms with E-state index in [1.807, 2.05) is 30.3 Å². The molecule has 2 heterocycles. The largest absolute Gasteiger partial charge is 0.381 e. The zero-order valence-electron chi connectivity index (χ0n) is 13.8. The second kappa shape index (κ2) is 7.65. The molecule has 0 radical (unpaired) electrons. The van der Waals surface area contributed by atoms with Crippen molar-refractivity contribution in [2.45, 2.75) is 18.9 Å². The van der Waals surface area contributed by atoms with E-state index in [0.29, 0.717) is 18.8 Å². The smallest absolute Gasteiger partial charge is 0.321 e. The van der Waals surface area contributed by atoms with Crippen LogP contribution in [0.2, 0.25) is 0 Å². The van der Waals surface area contributed by atoms with Crippen LogP contribution < -0.4 is 16.4 Å². The van der Waals surface area contributed by atoms with Crippen molar-refractivity contribution in [2.24, 2.45) is 5.73 Å². The molecule has 25 heavy (non-hydrogen) atoms. The molecule has 1 saturated heterocycles. The Kier molecular flexibility index (Phi) is 5.13. The molecule has 2 aromatic rings. The molecule has 7 heteroatoms. The first kappa shape index (κ1) is 16.8. The van der Waals surface area contributed by atoms with Gasteiger partial charge in [-0.3, -0.25) is 4.79 Å². The van der Waals surface area contributed by atoms with Gasteiger partial charge in [-0.05, 0) is 37.1 Å². The highest BCUT2D eigenvalue weighted by atomic mass is 16.2. The zero-order chi connectivity index (χ0) is 17.6. The number of rotatable bonds is 4. The number of hydrogen-bond acceptors (Lipinski definition) is 4. The molecule has 4 N–H and O–H groups in total. The minimum Gasteiger partial charge on any atom is -0.381 e. The van der Waals surface area contributed by atoms with Crippen molar-refractivity contribution >= 4 is 23.3 Å². The molecular weight excluding hydrogens is 318 g/mol. The number of urea groups is 1. The fourth-order valence-corrected chi connectivity index (χ4v) is 2.87. The Balaban J connectivity index is 1.57. The van der Waals surface area contributed by atoms with E-state index in [1.54, 1.807) is 11.0 Å². The SMILES string of the molecule is NC(=O)c1ccc(NC(=O)N2CCC[C@@H](Nc3ccccc3)C2)cn1. The van der Waals surface area contributed by atoms with E-state index in [9.17, 15) is 9.59 Å². The van der Waals surface area contributed by atoms with Gasteiger partial charge in [-0.25, -0.2) is 9.78 Å². The molecule has 0 saturated carbocycles. The predicted octanol–water partition coefficient (Wildman–Crippen LogP) is 2.29. The number of amides is 3. The lowest BCUT2D eigenvalue weighted by atomic mass is 10.1. The number of aromatic nitrogens is 1. The summed E-state index contributed by atoms with van der Waals surface area (Å²) in [5.41, 5.74) is 6.92. The number of likely N-dealkylation sites (tertiary alicyclic amines) is 1. The Morgan fingerprint density at radius 3 is 2.60 bits per heavy atom. The minimum absolute atomic E-state index is 0.170. The first-order valence-electron chi connectivity index (χ1n) is 8.25. The highest BCUT2D eigenvalue weighted by Gasteiger charge is 2.23. The number of anilines is 2. The highest BCUT2D eigenvalue weighted by Crippen LogP contribution is 2.17. The summed E-state index contributed by atoms with van der Waals surface area (Å²) in [6.07, 6.45) is 3.39. The molecular formula is C18H21N5O2. The monoisotopic (exact) mass is 339 g/mol. The topological polar surface area (TPSA) is 100 Å². The van der Waals surface area contributed by atoms with Crippen LogP contribution in [0.3, 0.4) is 0 Å². The van der Waals surface area contributed by atoms with Crippen molar-refractivity contribution < 1.29 is 9.59 Å². The molecule has 0 unspecified atom stereocenters. The van der Waals surface area contributed by atoms with Crippen molar-refractivity contribution in [3.8, 4) is 0 Å². The molecule has 3 amide bonds. The molecule has 0 aliphatic carbocycles. The second-order valence-corrected chi connectivity index (χ2v) is 6.02. The molecule has 1 fully saturated rings. The van der Waals surface area contributed by atoms with Gasteiger partial charge in [-0.1, -0.05) is 18.2 Å². The van der Waals surface area contributed by atoms with Crippen LogP contribution in [0.15, 0.2) is 48.7 Å². The number of hydrogen-bond donors (Lipinski definition) is 3. The molecule has 130 valence electrons. The molecule has 7 nitrogen and oxygen atoms in total. The highest BCUT2D eigenvalue weighted by molar-refractivity contribution is 5.92. The fraction of sp³-hybridized carbons (Fsp3) is 0.278. The molecule has 3 rings (SSSR count). The molecule has 1 aliphatic heterocycles. The first-order chi connectivity index (χ1) is 12.1. The summed E-state index contributed by atoms with van der Waals surface area (Å²) < 4.78 is 0. The number of carbonyl (C=O) groups is 2. The van der Waals surface area contributed by atoms with Crippen molar-refractivity contribution in [2.75, 3.05) is 23.7 Å². The maximum atomic E-state index is 12.5. The summed E-state index contributed by atoms with van der Waals surface area (Å²) in [4.78, 5) is 29.2. The number of piperidine rings is 1. The van der Waals surface area contributed by atoms with E-state index in [0.717, 1.165) is 18.5 Å². The Labute approximate surface area is 146 Å². The van der Waals surface area contributed by atoms with Crippen LogP contribution in [0.1, 0.15) is 23.3 Å². The number of nitrogens with one attached hydrogen (secondary N) is 2. The molecule has 0 bridgehead atoms. The lowest BCUT2D eigenvalue weighted by molar-refractivity contribution is 0.0995. The maximum absolute atomic E-state index is 12.5. The number of carbonyl (C=O) groups excluding carboxylic acids is 2. The second-order valence-electron chi connectivity index (χ2n) is 6.02. The molecule has 1 aliphatic rings. The van der Waals surface area contributed by atoms with Crippen molar-refractivity contribution in [3.05, 3.63) is 54.4 Å². The fourth-order valence-electron chi connectivity index (χ4n) is 2.87. The van der Waals surface area contributed by atoms with Crippen molar-refractivity contribution in [1.29, 1.82) is 0 Å². The van der Waals surface area contributed by atoms with Gasteiger partial charge in [0.25, 0.3) is 5.91 Å². The molecule has 1 aromatic carbocycles. The average Bonchev–Trinajstić information content (AvgIpc) is 2.63. The average molecular weight is 339 g/mol. The Morgan fingerprint density at radius 1 is 1.12 bits per heavy atom. The Bertz CT molecular complexity index is 733. The van der Waals surface area contributed by atoms with E-state index in [2.05, 4.69) is 15.6 Å². The third-order valence-corrected chi connectivity index (χ3v) is 4.12. The van der Waals surface area contributed by atoms with Crippen LogP contribution in [-0.2, 0) is 0 Å². The van der Waals surface area contributed by atoms with E-state index < -0.39 is 5.91 Å². The van der Waals surface area contributed by atoms with Gasteiger partial charge in [0.2, 0.25) is 0 Å². The number of nitrogens with two attached hydrogens (primary N) is 1. The van der Waals surface area contributed by atoms with Crippen LogP contribution in [0, 0.1) is 0 Å². The molecule has 0 spiro atoms. The van der Waals surface area contributed by atoms with Crippen LogP contribution in [-0.4, -0.2) is 41.0 Å². The van der Waals surface area contributed by atoms with Gasteiger partial charge in [0.05, 0.1) is 11.9 Å². The van der Waals surface area contributed by atoms with Crippen molar-refractivity contribution in [1.82, 2.24) is 9.88 Å². The Morgan fingerprint density at radius 2 is 1.92 bits per heavy atom. The quantitative estimate of drug-likeness (QED) is 0.795. The summed E-state index contributed by atoms with van der Waals surface area (Å²) in [7, 11) is 0. The summed E-state index contributed by atoms with van der Waals surface area (Å²) in [6, 6.07) is 13.1. The molecule has 1 atom stereocenters. The van der Waals surface area contributed by atoms with Gasteiger partial charge < -0.3 is 21.3 Å². The third kappa shape index (κ3) is 4.47. The standard InChI is InChI=1S/C18H21N5O2/c19-17(24)16-9-8-14(11-20-16)22-18(25)23-10-4-7-15(12-23)21-13-5-2-1-3-6-13/h1-3,5-6,8-9,11,15,21H,4,7,10,12H2,(H2,19,24)(H,22,25)/t15-/m1/s1. The lowest BCUT2D eigenvalue weighted by Gasteiger charge is -2.33. The molecule has 1 aromatic heterocycles. The summed E-state index contributed by atoms with van der Waals surface area (Å²) in [5.74, 6) is -0.594. The summed E-state index contributed by atoms with van der Waals surface area (Å²) >= 11 is 0. The van der Waals surface area contributed by atoms with Gasteiger partial charge in [-0.15, -0.1) is 0 Å². The predicted molar refractivity (Wildman–Crippen MR) is 96.4 cm³/mol. The van der Waals surface area contributed by atoms with Gasteiger partial charge in [-0.2, -0.15) is 0 Å². The number of benzene rings is 1. The van der Waals surface area contributed by atoms with Crippen LogP contribution in [0.25, 0.3) is 0 Å². The van der Waals surface area contributed by atoms with Gasteiger partial charge in [0, 0.05) is 24.8 Å². The van der Waals surface area contributed by atoms with Crippen LogP contribution in [0.4, 0.5) is 16.2 Å². The van der Waals surface area contributed by atoms with Gasteiger partial charge in [0.1, 0.15) is 5.69 Å². The summed E-state index contributed by atoms with van der Waals surface area (Å²) in [6.45, 7) is 1.35. The number of pyridine rings is 1. The van der Waals surface area contributed by atoms with Crippen LogP contribution >= 0.6 is 0 Å². The number of nitrogens with zero attached hydrogens (tertiary/aromatic N) is 2. The minimum atomic E-state index is -0.594. The van der Waals surface area contributed by atoms with E-state index in [1.165, 1.54) is 12.3 Å². The van der Waals surface area contributed by atoms with Gasteiger partial charge in [0.15, 0.2) is 0 Å². The zero-order valence-corrected chi connectivity index (χ0v) is 13.8. The normalized spacial score (nSPS) is 17.0. The first-order valence-corrected chi connectivity index (χ1v) is 8.25. The number of primary amides is 1. The third-order valence-electron chi connectivity index (χ3n) is 4.12. The van der Waals surface area contributed by atoms with Gasteiger partial charge >= 0.3 is 6.03 Å². The Hall–Kier alpha value is -3.09. The van der Waals surface area contributed by atoms with E-state index in [-0.39, 0.29) is 17.8 Å². The van der Waals surface area contributed by atoms with Crippen LogP contribution in [0.5, 0.6) is 0 Å². The maximum Gasteiger partial charge on any atom is 0.321 e. The number of para-hydroxylation sites is 1.